The van der Waals surface area contributed by atoms with Crippen molar-refractivity contribution in [3.63, 3.8) is 0 Å². The van der Waals surface area contributed by atoms with Crippen molar-refractivity contribution in [1.82, 2.24) is 4.57 Å². The van der Waals surface area contributed by atoms with E-state index in [1.807, 2.05) is 67.6 Å². The third-order valence-corrected chi connectivity index (χ3v) is 8.13. The predicted molar refractivity (Wildman–Crippen MR) is 170 cm³/mol. The normalized spacial score (nSPS) is 14.5. The molecule has 0 saturated heterocycles. The van der Waals surface area contributed by atoms with Crippen molar-refractivity contribution in [2.45, 2.75) is 39.7 Å². The Morgan fingerprint density at radius 3 is 2.43 bits per heavy atom. The molecule has 1 aromatic heterocycles. The third kappa shape index (κ3) is 6.21. The van der Waals surface area contributed by atoms with Crippen LogP contribution in [0.5, 0.6) is 11.5 Å². The van der Waals surface area contributed by atoms with Crippen molar-refractivity contribution < 1.29 is 19.0 Å². The van der Waals surface area contributed by atoms with Crippen molar-refractivity contribution in [2.75, 3.05) is 19.8 Å². The number of ether oxygens (including phenoxy) is 3. The van der Waals surface area contributed by atoms with Crippen molar-refractivity contribution in [2.24, 2.45) is 4.99 Å². The highest BCUT2D eigenvalue weighted by Crippen LogP contribution is 2.36. The molecule has 0 unspecified atom stereocenters. The zero-order chi connectivity index (χ0) is 31.2. The molecule has 0 N–H and O–H groups in total. The van der Waals surface area contributed by atoms with E-state index in [1.165, 1.54) is 11.3 Å². The number of hydrogen-bond acceptors (Lipinski definition) is 8. The summed E-state index contributed by atoms with van der Waals surface area (Å²) in [7, 11) is 0. The number of carbonyl (C=O) groups excluding carboxylic acids is 1. The maximum atomic E-state index is 14.2. The highest BCUT2D eigenvalue weighted by Gasteiger charge is 2.35. The molecule has 0 amide bonds. The molecule has 1 atom stereocenters. The Labute approximate surface area is 259 Å². The van der Waals surface area contributed by atoms with Crippen LogP contribution in [-0.2, 0) is 9.53 Å². The fraction of sp³-hybridized carbons (Fsp3) is 0.257. The first-order valence-electron chi connectivity index (χ1n) is 14.5. The molecule has 44 heavy (non-hydrogen) atoms. The number of aromatic nitrogens is 1. The fourth-order valence-electron chi connectivity index (χ4n) is 5.08. The second kappa shape index (κ2) is 13.6. The van der Waals surface area contributed by atoms with Crippen LogP contribution in [0, 0.1) is 11.3 Å². The summed E-state index contributed by atoms with van der Waals surface area (Å²) in [4.78, 5) is 33.2. The molecule has 4 aromatic rings. The van der Waals surface area contributed by atoms with Gasteiger partial charge < -0.3 is 14.2 Å². The molecule has 0 spiro atoms. The Morgan fingerprint density at radius 2 is 1.77 bits per heavy atom. The highest BCUT2D eigenvalue weighted by atomic mass is 32.1. The van der Waals surface area contributed by atoms with Gasteiger partial charge in [-0.3, -0.25) is 9.36 Å². The van der Waals surface area contributed by atoms with Gasteiger partial charge in [-0.15, -0.1) is 0 Å². The average Bonchev–Trinajstić information content (AvgIpc) is 3.34. The van der Waals surface area contributed by atoms with Gasteiger partial charge in [0, 0.05) is 5.56 Å². The van der Waals surface area contributed by atoms with Crippen molar-refractivity contribution >= 4 is 29.1 Å². The van der Waals surface area contributed by atoms with E-state index in [0.29, 0.717) is 50.2 Å². The zero-order valence-electron chi connectivity index (χ0n) is 25.1. The Balaban J connectivity index is 1.74. The third-order valence-electron chi connectivity index (χ3n) is 7.15. The van der Waals surface area contributed by atoms with Crippen LogP contribution in [0.3, 0.4) is 0 Å². The summed E-state index contributed by atoms with van der Waals surface area (Å²) in [5, 5.41) is 8.93. The SMILES string of the molecule is CCOC(=O)C1=C(c2ccccc2)N=c2s/c(=C\c3ccc(OCC#N)c(OCC)c3)c(=O)n2[C@H]1c1ccc(C(C)C)cc1. The Morgan fingerprint density at radius 1 is 1.02 bits per heavy atom. The molecular formula is C35H33N3O5S. The molecule has 5 rings (SSSR count). The quantitative estimate of drug-likeness (QED) is 0.225. The van der Waals surface area contributed by atoms with Gasteiger partial charge >= 0.3 is 5.97 Å². The van der Waals surface area contributed by atoms with Gasteiger partial charge in [0.05, 0.1) is 35.1 Å². The van der Waals surface area contributed by atoms with Gasteiger partial charge in [0.15, 0.2) is 22.9 Å². The summed E-state index contributed by atoms with van der Waals surface area (Å²) in [6.45, 7) is 8.34. The van der Waals surface area contributed by atoms with Gasteiger partial charge in [0.2, 0.25) is 0 Å². The van der Waals surface area contributed by atoms with E-state index in [1.54, 1.807) is 35.8 Å². The van der Waals surface area contributed by atoms with Crippen LogP contribution in [0.15, 0.2) is 88.2 Å². The number of fused-ring (bicyclic) bond motifs is 1. The maximum absolute atomic E-state index is 14.2. The first-order chi connectivity index (χ1) is 21.4. The van der Waals surface area contributed by atoms with Crippen molar-refractivity contribution in [3.05, 3.63) is 120 Å². The molecule has 0 saturated carbocycles. The van der Waals surface area contributed by atoms with E-state index >= 15 is 0 Å². The monoisotopic (exact) mass is 607 g/mol. The lowest BCUT2D eigenvalue weighted by molar-refractivity contribution is -0.138. The van der Waals surface area contributed by atoms with Crippen molar-refractivity contribution in [3.8, 4) is 17.6 Å². The molecule has 8 nitrogen and oxygen atoms in total. The number of nitrogens with zero attached hydrogens (tertiary/aromatic N) is 3. The molecular weight excluding hydrogens is 574 g/mol. The Kier molecular flexibility index (Phi) is 9.41. The first kappa shape index (κ1) is 30.5. The van der Waals surface area contributed by atoms with Gasteiger partial charge in [0.1, 0.15) is 6.07 Å². The molecule has 224 valence electrons. The fourth-order valence-corrected chi connectivity index (χ4v) is 6.08. The zero-order valence-corrected chi connectivity index (χ0v) is 25.9. The molecule has 2 heterocycles. The van der Waals surface area contributed by atoms with Crippen LogP contribution >= 0.6 is 11.3 Å². The molecule has 0 fully saturated rings. The van der Waals surface area contributed by atoms with Gasteiger partial charge in [-0.25, -0.2) is 9.79 Å². The largest absolute Gasteiger partial charge is 0.490 e. The van der Waals surface area contributed by atoms with Gasteiger partial charge in [0.25, 0.3) is 5.56 Å². The minimum atomic E-state index is -0.746. The summed E-state index contributed by atoms with van der Waals surface area (Å²) in [6, 6.07) is 24.0. The van der Waals surface area contributed by atoms with Crippen molar-refractivity contribution in [1.29, 1.82) is 5.26 Å². The molecule has 1 aliphatic rings. The lowest BCUT2D eigenvalue weighted by Crippen LogP contribution is -2.40. The summed E-state index contributed by atoms with van der Waals surface area (Å²) >= 11 is 1.25. The second-order valence-electron chi connectivity index (χ2n) is 10.3. The van der Waals surface area contributed by atoms with Crippen LogP contribution in [0.25, 0.3) is 11.8 Å². The lowest BCUT2D eigenvalue weighted by atomic mass is 9.91. The number of rotatable bonds is 10. The number of nitriles is 1. The minimum Gasteiger partial charge on any atom is -0.490 e. The molecule has 9 heteroatoms. The van der Waals surface area contributed by atoms with E-state index in [0.717, 1.165) is 16.7 Å². The lowest BCUT2D eigenvalue weighted by Gasteiger charge is -2.26. The topological polar surface area (TPSA) is 103 Å². The van der Waals surface area contributed by atoms with Crippen LogP contribution in [0.4, 0.5) is 0 Å². The van der Waals surface area contributed by atoms with E-state index in [2.05, 4.69) is 13.8 Å². The smallest absolute Gasteiger partial charge is 0.338 e. The van der Waals surface area contributed by atoms with E-state index in [-0.39, 0.29) is 18.8 Å². The van der Waals surface area contributed by atoms with E-state index < -0.39 is 12.0 Å². The number of thiazole rings is 1. The van der Waals surface area contributed by atoms with E-state index in [4.69, 9.17) is 24.5 Å². The number of hydrogen-bond donors (Lipinski definition) is 0. The Bertz CT molecular complexity index is 1920. The summed E-state index contributed by atoms with van der Waals surface area (Å²) in [5.74, 6) is 0.729. The minimum absolute atomic E-state index is 0.108. The summed E-state index contributed by atoms with van der Waals surface area (Å²) < 4.78 is 18.8. The molecule has 0 radical (unpaired) electrons. The molecule has 1 aliphatic heterocycles. The van der Waals surface area contributed by atoms with Gasteiger partial charge in [-0.2, -0.15) is 5.26 Å². The van der Waals surface area contributed by atoms with Gasteiger partial charge in [-0.1, -0.05) is 85.8 Å². The summed E-state index contributed by atoms with van der Waals surface area (Å²) in [6.07, 6.45) is 1.77. The van der Waals surface area contributed by atoms with Crippen LogP contribution < -0.4 is 24.4 Å². The number of esters is 1. The molecule has 3 aromatic carbocycles. The predicted octanol–water partition coefficient (Wildman–Crippen LogP) is 5.36. The highest BCUT2D eigenvalue weighted by molar-refractivity contribution is 7.07. The van der Waals surface area contributed by atoms with Gasteiger partial charge in [-0.05, 0) is 54.7 Å². The second-order valence-corrected chi connectivity index (χ2v) is 11.3. The van der Waals surface area contributed by atoms with E-state index in [9.17, 15) is 9.59 Å². The molecule has 0 bridgehead atoms. The van der Waals surface area contributed by atoms with Crippen LogP contribution in [-0.4, -0.2) is 30.4 Å². The summed E-state index contributed by atoms with van der Waals surface area (Å²) in [5.41, 5.74) is 3.92. The molecule has 0 aliphatic carbocycles. The Hall–Kier alpha value is -4.94. The first-order valence-corrected chi connectivity index (χ1v) is 15.3. The number of carbonyl (C=O) groups is 1. The number of benzene rings is 3. The average molecular weight is 608 g/mol. The standard InChI is InChI=1S/C35H33N3O5S/c1-5-41-28-20-23(12-17-27(28)43-19-18-36)21-29-33(39)38-32(26-15-13-24(14-16-26)22(3)4)30(34(40)42-6-2)31(37-35(38)44-29)25-10-8-7-9-11-25/h7-17,20-22,32H,5-6,19H2,1-4H3/b29-21-/t32-/m0/s1. The maximum Gasteiger partial charge on any atom is 0.338 e. The van der Waals surface area contributed by atoms with Crippen LogP contribution in [0.2, 0.25) is 0 Å². The van der Waals surface area contributed by atoms with Crippen LogP contribution in [0.1, 0.15) is 61.9 Å².